The van der Waals surface area contributed by atoms with Crippen LogP contribution < -0.4 is 10.2 Å². The summed E-state index contributed by atoms with van der Waals surface area (Å²) in [5, 5.41) is 4.56. The molecule has 3 aromatic rings. The summed E-state index contributed by atoms with van der Waals surface area (Å²) < 4.78 is 5.77. The maximum absolute atomic E-state index is 12.3. The van der Waals surface area contributed by atoms with E-state index in [1.165, 1.54) is 6.21 Å². The van der Waals surface area contributed by atoms with E-state index in [1.807, 2.05) is 30.3 Å². The number of rotatable bonds is 6. The first-order valence-electron chi connectivity index (χ1n) is 7.66. The Morgan fingerprint density at radius 1 is 1.12 bits per heavy atom. The molecule has 6 heteroatoms. The number of nitrogens with one attached hydrogen (secondary N) is 2. The number of halogens is 1. The van der Waals surface area contributed by atoms with Gasteiger partial charge >= 0.3 is 0 Å². The quantitative estimate of drug-likeness (QED) is 0.519. The van der Waals surface area contributed by atoms with Gasteiger partial charge in [0.2, 0.25) is 0 Å². The first-order valence-corrected chi connectivity index (χ1v) is 8.04. The van der Waals surface area contributed by atoms with Crippen LogP contribution in [-0.2, 0) is 6.61 Å². The number of carbonyl (C=O) groups excluding carboxylic acids is 1. The number of hydrogen-bond acceptors (Lipinski definition) is 3. The van der Waals surface area contributed by atoms with Gasteiger partial charge in [-0.3, -0.25) is 4.79 Å². The molecule has 3 rings (SSSR count). The maximum atomic E-state index is 12.3. The molecule has 1 amide bonds. The van der Waals surface area contributed by atoms with Crippen LogP contribution in [0, 0.1) is 0 Å². The van der Waals surface area contributed by atoms with Gasteiger partial charge in [0, 0.05) is 16.8 Å². The van der Waals surface area contributed by atoms with E-state index < -0.39 is 0 Å². The number of amides is 1. The first kappa shape index (κ1) is 16.8. The van der Waals surface area contributed by atoms with Crippen LogP contribution in [0.2, 0.25) is 5.02 Å². The molecular formula is C19H16ClN3O2. The highest BCUT2D eigenvalue weighted by Gasteiger charge is 2.12. The predicted molar refractivity (Wildman–Crippen MR) is 98.1 cm³/mol. The molecule has 0 radical (unpaired) electrons. The monoisotopic (exact) mass is 353 g/mol. The number of nitrogens with zero attached hydrogens (tertiary/aromatic N) is 1. The third-order valence-electron chi connectivity index (χ3n) is 3.46. The van der Waals surface area contributed by atoms with E-state index in [1.54, 1.807) is 36.5 Å². The Morgan fingerprint density at radius 3 is 2.72 bits per heavy atom. The van der Waals surface area contributed by atoms with Gasteiger partial charge in [0.15, 0.2) is 0 Å². The van der Waals surface area contributed by atoms with Gasteiger partial charge in [0.05, 0.1) is 17.5 Å². The summed E-state index contributed by atoms with van der Waals surface area (Å²) in [7, 11) is 0. The fraction of sp³-hybridized carbons (Fsp3) is 0.0526. The largest absolute Gasteiger partial charge is 0.488 e. The van der Waals surface area contributed by atoms with Gasteiger partial charge < -0.3 is 9.72 Å². The average Bonchev–Trinajstić information content (AvgIpc) is 3.15. The minimum Gasteiger partial charge on any atom is -0.488 e. The van der Waals surface area contributed by atoms with Crippen LogP contribution in [-0.4, -0.2) is 17.1 Å². The minimum atomic E-state index is -0.349. The molecule has 0 saturated heterocycles. The second kappa shape index (κ2) is 8.17. The Balaban J connectivity index is 1.67. The SMILES string of the molecule is O=C(N/N=C/c1ccc[nH]1)c1ccccc1OCc1ccccc1Cl. The van der Waals surface area contributed by atoms with E-state index in [0.29, 0.717) is 16.3 Å². The van der Waals surface area contributed by atoms with E-state index in [-0.39, 0.29) is 12.5 Å². The molecule has 0 fully saturated rings. The Kier molecular flexibility index (Phi) is 5.49. The summed E-state index contributed by atoms with van der Waals surface area (Å²) in [6.45, 7) is 0.274. The maximum Gasteiger partial charge on any atom is 0.275 e. The van der Waals surface area contributed by atoms with E-state index in [2.05, 4.69) is 15.5 Å². The highest BCUT2D eigenvalue weighted by Crippen LogP contribution is 2.22. The van der Waals surface area contributed by atoms with E-state index in [9.17, 15) is 4.79 Å². The normalized spacial score (nSPS) is 10.8. The third-order valence-corrected chi connectivity index (χ3v) is 3.83. The van der Waals surface area contributed by atoms with Crippen molar-refractivity contribution in [3.8, 4) is 5.75 Å². The number of ether oxygens (including phenoxy) is 1. The van der Waals surface area contributed by atoms with Crippen molar-refractivity contribution in [2.45, 2.75) is 6.61 Å². The molecule has 0 saturated carbocycles. The second-order valence-corrected chi connectivity index (χ2v) is 5.61. The van der Waals surface area contributed by atoms with Crippen molar-refractivity contribution in [1.29, 1.82) is 0 Å². The van der Waals surface area contributed by atoms with E-state index in [0.717, 1.165) is 11.3 Å². The van der Waals surface area contributed by atoms with Crippen LogP contribution in [0.25, 0.3) is 0 Å². The lowest BCUT2D eigenvalue weighted by atomic mass is 10.2. The molecule has 0 unspecified atom stereocenters. The molecule has 0 bridgehead atoms. The zero-order valence-electron chi connectivity index (χ0n) is 13.3. The van der Waals surface area contributed by atoms with E-state index in [4.69, 9.17) is 16.3 Å². The minimum absolute atomic E-state index is 0.274. The predicted octanol–water partition coefficient (Wildman–Crippen LogP) is 4.01. The van der Waals surface area contributed by atoms with Gasteiger partial charge in [-0.15, -0.1) is 0 Å². The summed E-state index contributed by atoms with van der Waals surface area (Å²) >= 11 is 6.13. The number of benzene rings is 2. The molecule has 0 atom stereocenters. The van der Waals surface area contributed by atoms with Crippen molar-refractivity contribution in [3.05, 3.63) is 88.7 Å². The van der Waals surface area contributed by atoms with Gasteiger partial charge in [-0.25, -0.2) is 5.43 Å². The Bertz CT molecular complexity index is 876. The third kappa shape index (κ3) is 4.49. The number of para-hydroxylation sites is 1. The smallest absolute Gasteiger partial charge is 0.275 e. The van der Waals surface area contributed by atoms with Crippen molar-refractivity contribution < 1.29 is 9.53 Å². The van der Waals surface area contributed by atoms with Crippen molar-refractivity contribution >= 4 is 23.7 Å². The van der Waals surface area contributed by atoms with Crippen molar-refractivity contribution in [1.82, 2.24) is 10.4 Å². The number of carbonyl (C=O) groups is 1. The van der Waals surface area contributed by atoms with Crippen LogP contribution in [0.3, 0.4) is 0 Å². The molecule has 2 aromatic carbocycles. The Hall–Kier alpha value is -3.05. The molecule has 25 heavy (non-hydrogen) atoms. The summed E-state index contributed by atoms with van der Waals surface area (Å²) in [4.78, 5) is 15.3. The highest BCUT2D eigenvalue weighted by atomic mass is 35.5. The average molecular weight is 354 g/mol. The lowest BCUT2D eigenvalue weighted by Gasteiger charge is -2.11. The molecule has 1 aromatic heterocycles. The molecule has 5 nitrogen and oxygen atoms in total. The Morgan fingerprint density at radius 2 is 1.92 bits per heavy atom. The van der Waals surface area contributed by atoms with Crippen molar-refractivity contribution in [3.63, 3.8) is 0 Å². The van der Waals surface area contributed by atoms with Gasteiger partial charge in [0.1, 0.15) is 12.4 Å². The standard InChI is InChI=1S/C19H16ClN3O2/c20-17-9-3-1-6-14(17)13-25-18-10-4-2-8-16(18)19(24)23-22-12-15-7-5-11-21-15/h1-12,21H,13H2,(H,23,24)/b22-12+. The van der Waals surface area contributed by atoms with Gasteiger partial charge in [-0.1, -0.05) is 41.9 Å². The van der Waals surface area contributed by atoms with Crippen LogP contribution >= 0.6 is 11.6 Å². The van der Waals surface area contributed by atoms with Crippen LogP contribution in [0.1, 0.15) is 21.6 Å². The first-order chi connectivity index (χ1) is 12.2. The molecule has 1 heterocycles. The molecule has 0 aliphatic heterocycles. The molecular weight excluding hydrogens is 338 g/mol. The summed E-state index contributed by atoms with van der Waals surface area (Å²) in [6, 6.07) is 18.1. The van der Waals surface area contributed by atoms with Gasteiger partial charge in [-0.2, -0.15) is 5.10 Å². The van der Waals surface area contributed by atoms with Crippen LogP contribution in [0.15, 0.2) is 72.0 Å². The zero-order valence-corrected chi connectivity index (χ0v) is 14.0. The summed E-state index contributed by atoms with van der Waals surface area (Å²) in [6.07, 6.45) is 3.31. The number of hydrogen-bond donors (Lipinski definition) is 2. The van der Waals surface area contributed by atoms with Crippen molar-refractivity contribution in [2.75, 3.05) is 0 Å². The Labute approximate surface area is 150 Å². The number of hydrazone groups is 1. The molecule has 0 spiro atoms. The topological polar surface area (TPSA) is 66.5 Å². The number of H-pyrrole nitrogens is 1. The number of aromatic amines is 1. The van der Waals surface area contributed by atoms with Crippen LogP contribution in [0.5, 0.6) is 5.75 Å². The fourth-order valence-electron chi connectivity index (χ4n) is 2.20. The summed E-state index contributed by atoms with van der Waals surface area (Å²) in [5.41, 5.74) is 4.54. The molecule has 0 aliphatic carbocycles. The molecule has 2 N–H and O–H groups in total. The fourth-order valence-corrected chi connectivity index (χ4v) is 2.39. The van der Waals surface area contributed by atoms with E-state index >= 15 is 0 Å². The lowest BCUT2D eigenvalue weighted by Crippen LogP contribution is -2.18. The number of aromatic nitrogens is 1. The van der Waals surface area contributed by atoms with Gasteiger partial charge in [-0.05, 0) is 30.3 Å². The van der Waals surface area contributed by atoms with Crippen LogP contribution in [0.4, 0.5) is 0 Å². The second-order valence-electron chi connectivity index (χ2n) is 5.20. The van der Waals surface area contributed by atoms with Gasteiger partial charge in [0.25, 0.3) is 5.91 Å². The lowest BCUT2D eigenvalue weighted by molar-refractivity contribution is 0.0950. The molecule has 126 valence electrons. The highest BCUT2D eigenvalue weighted by molar-refractivity contribution is 6.31. The zero-order chi connectivity index (χ0) is 17.5. The van der Waals surface area contributed by atoms with Crippen molar-refractivity contribution in [2.24, 2.45) is 5.10 Å². The molecule has 0 aliphatic rings. The summed E-state index contributed by atoms with van der Waals surface area (Å²) in [5.74, 6) is 0.118.